The molecule has 0 aromatic heterocycles. The van der Waals surface area contributed by atoms with Crippen LogP contribution in [-0.4, -0.2) is 53.5 Å². The fraction of sp³-hybridized carbons (Fsp3) is 0.348. The van der Waals surface area contributed by atoms with Crippen molar-refractivity contribution >= 4 is 18.0 Å². The molecule has 8 nitrogen and oxygen atoms in total. The monoisotopic (exact) mass is 426 g/mol. The quantitative estimate of drug-likeness (QED) is 0.487. The molecule has 1 aliphatic carbocycles. The van der Waals surface area contributed by atoms with E-state index in [2.05, 4.69) is 10.6 Å². The van der Waals surface area contributed by atoms with Gasteiger partial charge in [-0.25, -0.2) is 9.59 Å². The fourth-order valence-corrected chi connectivity index (χ4v) is 3.79. The average Bonchev–Trinajstić information content (AvgIpc) is 3.09. The maximum atomic E-state index is 12.4. The smallest absolute Gasteiger partial charge is 0.407 e. The number of carbonyl (C=O) groups is 3. The Kier molecular flexibility index (Phi) is 7.25. The molecule has 2 aromatic rings. The molecule has 4 N–H and O–H groups in total. The second-order valence-corrected chi connectivity index (χ2v) is 7.34. The number of nitrogens with one attached hydrogen (secondary N) is 2. The summed E-state index contributed by atoms with van der Waals surface area (Å²) in [5.41, 5.74) is 4.38. The fourth-order valence-electron chi connectivity index (χ4n) is 3.79. The van der Waals surface area contributed by atoms with E-state index < -0.39 is 30.1 Å². The average molecular weight is 426 g/mol. The first-order valence-electron chi connectivity index (χ1n) is 10.2. The molecule has 164 valence electrons. The van der Waals surface area contributed by atoms with Gasteiger partial charge in [0.25, 0.3) is 0 Å². The topological polar surface area (TPSA) is 125 Å². The van der Waals surface area contributed by atoms with Crippen LogP contribution in [0.15, 0.2) is 48.5 Å². The molecule has 0 aliphatic heterocycles. The van der Waals surface area contributed by atoms with Crippen LogP contribution in [0.3, 0.4) is 0 Å². The van der Waals surface area contributed by atoms with Crippen molar-refractivity contribution in [3.05, 3.63) is 59.7 Å². The van der Waals surface area contributed by atoms with Gasteiger partial charge in [0.2, 0.25) is 5.91 Å². The minimum absolute atomic E-state index is 0.104. The van der Waals surface area contributed by atoms with Gasteiger partial charge >= 0.3 is 12.1 Å². The van der Waals surface area contributed by atoms with Crippen LogP contribution in [-0.2, 0) is 14.3 Å². The highest BCUT2D eigenvalue weighted by atomic mass is 16.5. The number of amides is 2. The second-order valence-electron chi connectivity index (χ2n) is 7.34. The molecule has 0 heterocycles. The summed E-state index contributed by atoms with van der Waals surface area (Å²) in [4.78, 5) is 35.9. The standard InChI is InChI=1S/C23H26N2O6/c1-2-19(21(27)24-20(11-12-26)22(28)29)25-23(30)31-13-18-16-9-5-3-7-14(16)15-8-4-6-10-17(15)18/h3-10,18-20,26H,2,11-13H2,1H3,(H,24,27)(H,25,30)(H,28,29)/t19?,20-/m0/s1. The molecule has 1 aliphatic rings. The molecule has 2 amide bonds. The van der Waals surface area contributed by atoms with E-state index in [1.54, 1.807) is 6.92 Å². The summed E-state index contributed by atoms with van der Waals surface area (Å²) in [6, 6.07) is 13.8. The van der Waals surface area contributed by atoms with Gasteiger partial charge in [0.1, 0.15) is 18.7 Å². The van der Waals surface area contributed by atoms with Gasteiger partial charge in [-0.3, -0.25) is 4.79 Å². The lowest BCUT2D eigenvalue weighted by Crippen LogP contribution is -2.51. The number of rotatable bonds is 9. The summed E-state index contributed by atoms with van der Waals surface area (Å²) in [5, 5.41) is 22.9. The number of aliphatic hydroxyl groups is 1. The summed E-state index contributed by atoms with van der Waals surface area (Å²) in [5.74, 6) is -2.00. The van der Waals surface area contributed by atoms with E-state index in [0.717, 1.165) is 22.3 Å². The van der Waals surface area contributed by atoms with Gasteiger partial charge in [-0.05, 0) is 28.7 Å². The zero-order valence-corrected chi connectivity index (χ0v) is 17.2. The van der Waals surface area contributed by atoms with Crippen molar-refractivity contribution in [1.29, 1.82) is 0 Å². The molecule has 2 aromatic carbocycles. The van der Waals surface area contributed by atoms with Crippen molar-refractivity contribution in [1.82, 2.24) is 10.6 Å². The van der Waals surface area contributed by atoms with Crippen LogP contribution < -0.4 is 10.6 Å². The first-order valence-corrected chi connectivity index (χ1v) is 10.2. The first kappa shape index (κ1) is 22.3. The number of ether oxygens (including phenoxy) is 1. The molecule has 0 bridgehead atoms. The van der Waals surface area contributed by atoms with E-state index in [9.17, 15) is 14.4 Å². The molecule has 31 heavy (non-hydrogen) atoms. The van der Waals surface area contributed by atoms with E-state index >= 15 is 0 Å². The van der Waals surface area contributed by atoms with Crippen LogP contribution in [0, 0.1) is 0 Å². The summed E-state index contributed by atoms with van der Waals surface area (Å²) in [6.45, 7) is 1.42. The lowest BCUT2D eigenvalue weighted by atomic mass is 9.98. The van der Waals surface area contributed by atoms with Crippen molar-refractivity contribution < 1.29 is 29.3 Å². The predicted molar refractivity (Wildman–Crippen MR) is 114 cm³/mol. The third-order valence-corrected chi connectivity index (χ3v) is 5.39. The summed E-state index contributed by atoms with van der Waals surface area (Å²) in [6.07, 6.45) is -0.623. The number of hydrogen-bond donors (Lipinski definition) is 4. The lowest BCUT2D eigenvalue weighted by Gasteiger charge is -2.20. The van der Waals surface area contributed by atoms with Gasteiger partial charge < -0.3 is 25.6 Å². The van der Waals surface area contributed by atoms with Crippen LogP contribution in [0.5, 0.6) is 0 Å². The van der Waals surface area contributed by atoms with Gasteiger partial charge in [-0.15, -0.1) is 0 Å². The number of aliphatic hydroxyl groups excluding tert-OH is 1. The van der Waals surface area contributed by atoms with E-state index in [4.69, 9.17) is 14.9 Å². The molecule has 8 heteroatoms. The SMILES string of the molecule is CCC(NC(=O)OCC1c2ccccc2-c2ccccc21)C(=O)N[C@@H](CCO)C(=O)O. The normalized spacial score (nSPS) is 14.1. The highest BCUT2D eigenvalue weighted by Gasteiger charge is 2.30. The number of benzene rings is 2. The molecule has 0 saturated carbocycles. The Morgan fingerprint density at radius 2 is 1.55 bits per heavy atom. The predicted octanol–water partition coefficient (Wildman–Crippen LogP) is 2.26. The Balaban J connectivity index is 1.62. The summed E-state index contributed by atoms with van der Waals surface area (Å²) >= 11 is 0. The lowest BCUT2D eigenvalue weighted by molar-refractivity contribution is -0.142. The third-order valence-electron chi connectivity index (χ3n) is 5.39. The van der Waals surface area contributed by atoms with Crippen LogP contribution >= 0.6 is 0 Å². The Morgan fingerprint density at radius 3 is 2.06 bits per heavy atom. The van der Waals surface area contributed by atoms with Gasteiger partial charge in [0.15, 0.2) is 0 Å². The van der Waals surface area contributed by atoms with Crippen LogP contribution in [0.2, 0.25) is 0 Å². The van der Waals surface area contributed by atoms with Crippen molar-refractivity contribution in [2.45, 2.75) is 37.8 Å². The Labute approximate surface area is 180 Å². The van der Waals surface area contributed by atoms with Crippen LogP contribution in [0.4, 0.5) is 4.79 Å². The third kappa shape index (κ3) is 5.03. The highest BCUT2D eigenvalue weighted by Crippen LogP contribution is 2.44. The molecular formula is C23H26N2O6. The number of aliphatic carboxylic acids is 1. The maximum Gasteiger partial charge on any atom is 0.407 e. The molecule has 3 rings (SSSR count). The minimum Gasteiger partial charge on any atom is -0.480 e. The van der Waals surface area contributed by atoms with Gasteiger partial charge in [0, 0.05) is 18.9 Å². The summed E-state index contributed by atoms with van der Waals surface area (Å²) < 4.78 is 5.44. The van der Waals surface area contributed by atoms with Crippen molar-refractivity contribution in [3.63, 3.8) is 0 Å². The minimum atomic E-state index is -1.25. The first-order chi connectivity index (χ1) is 15.0. The number of hydrogen-bond acceptors (Lipinski definition) is 5. The molecule has 0 saturated heterocycles. The number of fused-ring (bicyclic) bond motifs is 3. The van der Waals surface area contributed by atoms with Gasteiger partial charge in [-0.2, -0.15) is 0 Å². The van der Waals surface area contributed by atoms with Gasteiger partial charge in [0.05, 0.1) is 0 Å². The zero-order valence-electron chi connectivity index (χ0n) is 17.2. The number of carboxylic acids is 1. The molecular weight excluding hydrogens is 400 g/mol. The largest absolute Gasteiger partial charge is 0.480 e. The number of alkyl carbamates (subject to hydrolysis) is 1. The molecule has 2 atom stereocenters. The molecule has 1 unspecified atom stereocenters. The van der Waals surface area contributed by atoms with E-state index in [1.165, 1.54) is 0 Å². The molecule has 0 radical (unpaired) electrons. The van der Waals surface area contributed by atoms with Crippen molar-refractivity contribution in [2.24, 2.45) is 0 Å². The Hall–Kier alpha value is -3.39. The van der Waals surface area contributed by atoms with Gasteiger partial charge in [-0.1, -0.05) is 55.5 Å². The van der Waals surface area contributed by atoms with E-state index in [1.807, 2.05) is 48.5 Å². The van der Waals surface area contributed by atoms with E-state index in [0.29, 0.717) is 0 Å². The van der Waals surface area contributed by atoms with Crippen molar-refractivity contribution in [3.8, 4) is 11.1 Å². The second kappa shape index (κ2) is 10.1. The van der Waals surface area contributed by atoms with Crippen molar-refractivity contribution in [2.75, 3.05) is 13.2 Å². The van der Waals surface area contributed by atoms with Crippen LogP contribution in [0.25, 0.3) is 11.1 Å². The van der Waals surface area contributed by atoms with Crippen LogP contribution in [0.1, 0.15) is 36.8 Å². The molecule has 0 fully saturated rings. The summed E-state index contributed by atoms with van der Waals surface area (Å²) in [7, 11) is 0. The van der Waals surface area contributed by atoms with E-state index in [-0.39, 0.29) is 32.0 Å². The number of carbonyl (C=O) groups excluding carboxylic acids is 2. The Bertz CT molecular complexity index is 915. The highest BCUT2D eigenvalue weighted by molar-refractivity contribution is 5.89. The molecule has 0 spiro atoms. The number of carboxylic acid groups (broad SMARTS) is 1. The zero-order chi connectivity index (χ0) is 22.4. The Morgan fingerprint density at radius 1 is 0.968 bits per heavy atom. The maximum absolute atomic E-state index is 12.4.